The third-order valence-corrected chi connectivity index (χ3v) is 3.24. The van der Waals surface area contributed by atoms with E-state index in [4.69, 9.17) is 16.7 Å². The minimum absolute atomic E-state index is 0.112. The fourth-order valence-electron chi connectivity index (χ4n) is 2.01. The summed E-state index contributed by atoms with van der Waals surface area (Å²) in [6.07, 6.45) is 1.68. The van der Waals surface area contributed by atoms with Crippen LogP contribution < -0.4 is 10.5 Å². The van der Waals surface area contributed by atoms with Crippen molar-refractivity contribution >= 4 is 23.3 Å². The van der Waals surface area contributed by atoms with Crippen molar-refractivity contribution < 1.29 is 9.90 Å². The molecule has 0 unspecified atom stereocenters. The lowest BCUT2D eigenvalue weighted by molar-refractivity contribution is -0.135. The zero-order valence-corrected chi connectivity index (χ0v) is 12.0. The van der Waals surface area contributed by atoms with E-state index in [1.165, 1.54) is 6.07 Å². The highest BCUT2D eigenvalue weighted by molar-refractivity contribution is 6.30. The molecule has 0 bridgehead atoms. The molecule has 1 N–H and O–H groups in total. The lowest BCUT2D eigenvalue weighted by Crippen LogP contribution is -2.34. The zero-order chi connectivity index (χ0) is 15.2. The van der Waals surface area contributed by atoms with Crippen molar-refractivity contribution in [1.82, 2.24) is 4.57 Å². The predicted molar refractivity (Wildman–Crippen MR) is 82.0 cm³/mol. The summed E-state index contributed by atoms with van der Waals surface area (Å²) in [5.41, 5.74) is 0.604. The van der Waals surface area contributed by atoms with Crippen molar-refractivity contribution in [3.63, 3.8) is 0 Å². The molecule has 0 amide bonds. The fourth-order valence-corrected chi connectivity index (χ4v) is 2.19. The third kappa shape index (κ3) is 4.36. The molecule has 0 fully saturated rings. The van der Waals surface area contributed by atoms with Crippen LogP contribution in [0.3, 0.4) is 0 Å². The summed E-state index contributed by atoms with van der Waals surface area (Å²) >= 11 is 5.94. The van der Waals surface area contributed by atoms with Crippen molar-refractivity contribution in [2.75, 3.05) is 18.0 Å². The van der Waals surface area contributed by atoms with Crippen LogP contribution in [0.25, 0.3) is 0 Å². The van der Waals surface area contributed by atoms with Gasteiger partial charge in [-0.1, -0.05) is 23.7 Å². The van der Waals surface area contributed by atoms with Gasteiger partial charge in [-0.05, 0) is 24.3 Å². The Hall–Kier alpha value is -2.27. The molecule has 0 aliphatic heterocycles. The monoisotopic (exact) mass is 306 g/mol. The highest BCUT2D eigenvalue weighted by atomic mass is 35.5. The molecule has 0 atom stereocenters. The van der Waals surface area contributed by atoms with Gasteiger partial charge in [0.25, 0.3) is 5.56 Å². The number of pyridine rings is 1. The van der Waals surface area contributed by atoms with Gasteiger partial charge in [0.15, 0.2) is 0 Å². The van der Waals surface area contributed by atoms with Crippen molar-refractivity contribution in [3.8, 4) is 0 Å². The molecule has 0 saturated heterocycles. The van der Waals surface area contributed by atoms with Crippen molar-refractivity contribution in [2.24, 2.45) is 0 Å². The number of carbonyl (C=O) groups is 1. The van der Waals surface area contributed by atoms with E-state index in [9.17, 15) is 9.59 Å². The molecular weight excluding hydrogens is 292 g/mol. The number of carboxylic acid groups (broad SMARTS) is 1. The molecule has 1 heterocycles. The van der Waals surface area contributed by atoms with Crippen LogP contribution in [0.4, 0.5) is 5.69 Å². The molecule has 5 nitrogen and oxygen atoms in total. The van der Waals surface area contributed by atoms with E-state index >= 15 is 0 Å². The molecule has 110 valence electrons. The quantitative estimate of drug-likeness (QED) is 0.887. The first-order chi connectivity index (χ1) is 10.1. The Balaban J connectivity index is 2.15. The molecule has 0 saturated carbocycles. The summed E-state index contributed by atoms with van der Waals surface area (Å²) in [5.74, 6) is -0.935. The molecule has 0 aliphatic carbocycles. The Labute approximate surface area is 127 Å². The second-order valence-electron chi connectivity index (χ2n) is 4.53. The topological polar surface area (TPSA) is 62.5 Å². The standard InChI is InChI=1S/C15H15ClN2O3/c16-12-4-3-5-13(10-12)18(11-15(20)21)9-8-17-7-2-1-6-14(17)19/h1-7,10H,8-9,11H2,(H,20,21). The lowest BCUT2D eigenvalue weighted by atomic mass is 10.3. The Kier molecular flexibility index (Phi) is 5.00. The van der Waals surface area contributed by atoms with Gasteiger partial charge in [0.2, 0.25) is 0 Å². The van der Waals surface area contributed by atoms with E-state index in [-0.39, 0.29) is 12.1 Å². The van der Waals surface area contributed by atoms with Crippen molar-refractivity contribution in [1.29, 1.82) is 0 Å². The number of aliphatic carboxylic acids is 1. The van der Waals surface area contributed by atoms with E-state index in [1.807, 2.05) is 0 Å². The molecule has 1 aromatic carbocycles. The Morgan fingerprint density at radius 1 is 1.24 bits per heavy atom. The van der Waals surface area contributed by atoms with Gasteiger partial charge in [0.05, 0.1) is 0 Å². The third-order valence-electron chi connectivity index (χ3n) is 3.01. The summed E-state index contributed by atoms with van der Waals surface area (Å²) in [5, 5.41) is 9.56. The number of aromatic nitrogens is 1. The first-order valence-electron chi connectivity index (χ1n) is 6.44. The van der Waals surface area contributed by atoms with Gasteiger partial charge in [0.1, 0.15) is 6.54 Å². The number of benzene rings is 1. The van der Waals surface area contributed by atoms with Gasteiger partial charge in [-0.25, -0.2) is 0 Å². The van der Waals surface area contributed by atoms with Crippen LogP contribution >= 0.6 is 11.6 Å². The average molecular weight is 307 g/mol. The predicted octanol–water partition coefficient (Wildman–Crippen LogP) is 2.09. The zero-order valence-electron chi connectivity index (χ0n) is 11.3. The lowest BCUT2D eigenvalue weighted by Gasteiger charge is -2.23. The van der Waals surface area contributed by atoms with E-state index in [1.54, 1.807) is 52.1 Å². The van der Waals surface area contributed by atoms with Crippen LogP contribution in [-0.4, -0.2) is 28.7 Å². The van der Waals surface area contributed by atoms with Gasteiger partial charge in [-0.3, -0.25) is 9.59 Å². The minimum atomic E-state index is -0.935. The highest BCUT2D eigenvalue weighted by Gasteiger charge is 2.11. The first kappa shape index (κ1) is 15.1. The van der Waals surface area contributed by atoms with Gasteiger partial charge < -0.3 is 14.6 Å². The molecular formula is C15H15ClN2O3. The summed E-state index contributed by atoms with van der Waals surface area (Å²) < 4.78 is 1.54. The molecule has 2 aromatic rings. The first-order valence-corrected chi connectivity index (χ1v) is 6.82. The van der Waals surface area contributed by atoms with Crippen molar-refractivity contribution in [2.45, 2.75) is 6.54 Å². The number of rotatable bonds is 6. The molecule has 1 aromatic heterocycles. The maximum absolute atomic E-state index is 11.7. The van der Waals surface area contributed by atoms with E-state index in [0.717, 1.165) is 0 Å². The van der Waals surface area contributed by atoms with Crippen LogP contribution in [0.15, 0.2) is 53.5 Å². The number of halogens is 1. The van der Waals surface area contributed by atoms with Gasteiger partial charge in [-0.15, -0.1) is 0 Å². The summed E-state index contributed by atoms with van der Waals surface area (Å²) in [7, 11) is 0. The van der Waals surface area contributed by atoms with Crippen LogP contribution in [-0.2, 0) is 11.3 Å². The van der Waals surface area contributed by atoms with Crippen LogP contribution in [0.5, 0.6) is 0 Å². The summed E-state index contributed by atoms with van der Waals surface area (Å²) in [4.78, 5) is 24.3. The smallest absolute Gasteiger partial charge is 0.323 e. The normalized spacial score (nSPS) is 10.3. The molecule has 0 radical (unpaired) electrons. The van der Waals surface area contributed by atoms with Crippen LogP contribution in [0.2, 0.25) is 5.02 Å². The molecule has 21 heavy (non-hydrogen) atoms. The average Bonchev–Trinajstić information content (AvgIpc) is 2.44. The number of hydrogen-bond donors (Lipinski definition) is 1. The Bertz CT molecular complexity index is 684. The number of anilines is 1. The van der Waals surface area contributed by atoms with E-state index < -0.39 is 5.97 Å². The summed E-state index contributed by atoms with van der Waals surface area (Å²) in [6, 6.07) is 11.9. The summed E-state index contributed by atoms with van der Waals surface area (Å²) in [6.45, 7) is 0.651. The van der Waals surface area contributed by atoms with Crippen LogP contribution in [0.1, 0.15) is 0 Å². The SMILES string of the molecule is O=C(O)CN(CCn1ccccc1=O)c1cccc(Cl)c1. The minimum Gasteiger partial charge on any atom is -0.480 e. The van der Waals surface area contributed by atoms with E-state index in [0.29, 0.717) is 23.8 Å². The maximum atomic E-state index is 11.7. The fraction of sp³-hybridized carbons (Fsp3) is 0.200. The number of carboxylic acids is 1. The Morgan fingerprint density at radius 2 is 2.05 bits per heavy atom. The molecule has 0 aliphatic rings. The second kappa shape index (κ2) is 6.95. The maximum Gasteiger partial charge on any atom is 0.323 e. The van der Waals surface area contributed by atoms with Gasteiger partial charge in [-0.2, -0.15) is 0 Å². The van der Waals surface area contributed by atoms with Gasteiger partial charge in [0, 0.05) is 36.1 Å². The molecule has 0 spiro atoms. The second-order valence-corrected chi connectivity index (χ2v) is 4.96. The van der Waals surface area contributed by atoms with Gasteiger partial charge >= 0.3 is 5.97 Å². The Morgan fingerprint density at radius 3 is 2.71 bits per heavy atom. The molecule has 6 heteroatoms. The van der Waals surface area contributed by atoms with E-state index in [2.05, 4.69) is 0 Å². The molecule has 2 rings (SSSR count). The van der Waals surface area contributed by atoms with Crippen molar-refractivity contribution in [3.05, 3.63) is 64.0 Å². The number of hydrogen-bond acceptors (Lipinski definition) is 3. The van der Waals surface area contributed by atoms with Crippen LogP contribution in [0, 0.1) is 0 Å². The highest BCUT2D eigenvalue weighted by Crippen LogP contribution is 2.19. The number of nitrogens with zero attached hydrogens (tertiary/aromatic N) is 2. The largest absolute Gasteiger partial charge is 0.480 e.